The van der Waals surface area contributed by atoms with Crippen LogP contribution in [0.5, 0.6) is 0 Å². The zero-order valence-corrected chi connectivity index (χ0v) is 46.2. The summed E-state index contributed by atoms with van der Waals surface area (Å²) in [5, 5.41) is 4.82. The summed E-state index contributed by atoms with van der Waals surface area (Å²) in [7, 11) is 19.0. The second kappa shape index (κ2) is 16.6. The minimum atomic E-state index is -5.91. The summed E-state index contributed by atoms with van der Waals surface area (Å²) >= 11 is -5.91. The fourth-order valence-electron chi connectivity index (χ4n) is 19.2. The normalized spacial score (nSPS) is 32.2. The topological polar surface area (TPSA) is 0 Å². The third-order valence-corrected chi connectivity index (χ3v) is 71.0. The molecular formula is C64H66Cl2F3SiZr. The number of halogens is 5. The van der Waals surface area contributed by atoms with Crippen LogP contribution in [0.2, 0.25) is 12.6 Å². The van der Waals surface area contributed by atoms with Gasteiger partial charge in [0.15, 0.2) is 0 Å². The second-order valence-electron chi connectivity index (χ2n) is 25.4. The Morgan fingerprint density at radius 2 is 0.845 bits per heavy atom. The molecule has 8 fully saturated rings. The number of fused-ring (bicyclic) bond motifs is 4. The summed E-state index contributed by atoms with van der Waals surface area (Å²) < 4.78 is 44.4. The molecule has 71 heavy (non-hydrogen) atoms. The molecule has 0 aromatic heterocycles. The fourth-order valence-corrected chi connectivity index (χ4v) is 59.2. The predicted molar refractivity (Wildman–Crippen MR) is 291 cm³/mol. The van der Waals surface area contributed by atoms with E-state index in [-0.39, 0.29) is 24.1 Å². The molecule has 7 heteroatoms. The van der Waals surface area contributed by atoms with E-state index in [9.17, 15) is 30.2 Å². The van der Waals surface area contributed by atoms with Gasteiger partial charge in [-0.2, -0.15) is 0 Å². The van der Waals surface area contributed by atoms with E-state index >= 15 is 0 Å². The van der Waals surface area contributed by atoms with Crippen LogP contribution in [-0.4, -0.2) is 12.1 Å². The molecule has 0 spiro atoms. The van der Waals surface area contributed by atoms with Gasteiger partial charge < -0.3 is 0 Å². The average Bonchev–Trinajstić information content (AvgIpc) is 3.90. The molecule has 0 aliphatic heterocycles. The van der Waals surface area contributed by atoms with Gasteiger partial charge in [0, 0.05) is 0 Å². The maximum atomic E-state index is 15.0. The molecule has 3 atom stereocenters. The van der Waals surface area contributed by atoms with Crippen LogP contribution in [0.1, 0.15) is 126 Å². The van der Waals surface area contributed by atoms with Gasteiger partial charge in [-0.3, -0.25) is 0 Å². The van der Waals surface area contributed by atoms with Gasteiger partial charge in [-0.05, 0) is 0 Å². The summed E-state index contributed by atoms with van der Waals surface area (Å²) in [5.74, 6) is 1.98. The van der Waals surface area contributed by atoms with Crippen LogP contribution in [0, 0.1) is 46.3 Å². The van der Waals surface area contributed by atoms with Crippen molar-refractivity contribution in [3.63, 3.8) is 0 Å². The monoisotopic (exact) mass is 1080 g/mol. The first-order chi connectivity index (χ1) is 34.2. The van der Waals surface area contributed by atoms with Crippen LogP contribution in [0.3, 0.4) is 0 Å². The van der Waals surface area contributed by atoms with Crippen LogP contribution in [0.4, 0.5) is 13.2 Å². The first kappa shape index (κ1) is 46.3. The summed E-state index contributed by atoms with van der Waals surface area (Å²) in [6.07, 6.45) is 17.6. The molecule has 0 heterocycles. The van der Waals surface area contributed by atoms with Crippen LogP contribution in [0.15, 0.2) is 132 Å². The molecule has 6 aromatic rings. The number of hydrogen-bond acceptors (Lipinski definition) is 0. The van der Waals surface area contributed by atoms with Crippen LogP contribution in [-0.2, 0) is 15.6 Å². The molecule has 3 unspecified atom stereocenters. The Labute approximate surface area is 427 Å². The molecule has 0 radical (unpaired) electrons. The Hall–Kier alpha value is -3.21. The summed E-state index contributed by atoms with van der Waals surface area (Å²) in [6, 6.07) is 44.4. The van der Waals surface area contributed by atoms with Gasteiger partial charge in [0.1, 0.15) is 0 Å². The third-order valence-electron chi connectivity index (χ3n) is 20.9. The van der Waals surface area contributed by atoms with Gasteiger partial charge in [-0.1, -0.05) is 0 Å². The number of allylic oxidation sites excluding steroid dienone is 2. The van der Waals surface area contributed by atoms with Gasteiger partial charge in [-0.15, -0.1) is 0 Å². The van der Waals surface area contributed by atoms with Gasteiger partial charge in [0.2, 0.25) is 0 Å². The van der Waals surface area contributed by atoms with Gasteiger partial charge in [0.05, 0.1) is 0 Å². The van der Waals surface area contributed by atoms with Crippen molar-refractivity contribution in [2.45, 2.75) is 122 Å². The molecule has 0 saturated heterocycles. The first-order valence-corrected chi connectivity index (χ1v) is 43.4. The molecule has 10 aliphatic rings. The Morgan fingerprint density at radius 3 is 1.24 bits per heavy atom. The van der Waals surface area contributed by atoms with Crippen molar-refractivity contribution < 1.29 is 28.7 Å². The minimum absolute atomic E-state index is 0.0702. The van der Waals surface area contributed by atoms with Crippen LogP contribution < -0.4 is 0 Å². The van der Waals surface area contributed by atoms with E-state index in [0.717, 1.165) is 48.3 Å². The SMILES string of the molecule is C[SiH](CCC(F)(F)F)[Zr]([Cl])([Cl])([CH]1C(CC23CC4CC(CC(C4)C2)C3)=Cc2c(-c3cccc4ccccc34)cccc21)[CH]1C(CC23CC4CC(CC(C4)C2)C3)=Cc2c(-c3cccc4ccccc34)cccc21. The Morgan fingerprint density at radius 1 is 0.493 bits per heavy atom. The van der Waals surface area contributed by atoms with Crippen LogP contribution in [0.25, 0.3) is 56.0 Å². The molecule has 10 aliphatic carbocycles. The maximum absolute atomic E-state index is 15.0. The number of rotatable bonds is 11. The zero-order valence-electron chi connectivity index (χ0n) is 41.1. The summed E-state index contributed by atoms with van der Waals surface area (Å²) in [5.41, 5.74) is 12.7. The quantitative estimate of drug-likeness (QED) is 0.113. The van der Waals surface area contributed by atoms with Crippen molar-refractivity contribution in [1.29, 1.82) is 0 Å². The predicted octanol–water partition coefficient (Wildman–Crippen LogP) is 19.4. The molecule has 0 nitrogen and oxygen atoms in total. The second-order valence-corrected chi connectivity index (χ2v) is 66.8. The number of benzene rings is 6. The third kappa shape index (κ3) is 7.54. The number of hydrogen-bond donors (Lipinski definition) is 0. The van der Waals surface area contributed by atoms with Gasteiger partial charge in [0.25, 0.3) is 0 Å². The van der Waals surface area contributed by atoms with E-state index in [0.29, 0.717) is 0 Å². The molecule has 365 valence electrons. The van der Waals surface area contributed by atoms with Crippen molar-refractivity contribution in [1.82, 2.24) is 0 Å². The number of alkyl halides is 3. The van der Waals surface area contributed by atoms with Crippen molar-refractivity contribution in [3.8, 4) is 22.3 Å². The molecule has 6 aromatic carbocycles. The van der Waals surface area contributed by atoms with Crippen LogP contribution >= 0.6 is 17.0 Å². The van der Waals surface area contributed by atoms with Gasteiger partial charge in [-0.25, -0.2) is 0 Å². The summed E-state index contributed by atoms with van der Waals surface area (Å²) in [4.78, 5) is 0. The van der Waals surface area contributed by atoms with E-state index in [1.54, 1.807) is 0 Å². The molecule has 8 bridgehead atoms. The van der Waals surface area contributed by atoms with Crippen molar-refractivity contribution >= 4 is 56.6 Å². The standard InChI is InChI=1S/2C30H29.C4H8F3Si.2ClH.Zr/c2*1-2-8-26-24(5-1)6-3-9-27(26)28-10-4-7-25-14-23(15-29(25)28)19-30-16-20-11-21(17-30)13-22(12-20)18-30;1-8-3-2-4(5,6)7;;;/h2*1-10,14-15,20-22H,11-13,16-19H2;8H,2-3H2,1H3;2*1H;/q;;;;;+2/p-2. The molecule has 8 saturated carbocycles. The Bertz CT molecular complexity index is 2940. The molecule has 0 amide bonds. The van der Waals surface area contributed by atoms with Crippen molar-refractivity contribution in [2.75, 3.05) is 0 Å². The van der Waals surface area contributed by atoms with E-state index in [2.05, 4.69) is 140 Å². The van der Waals surface area contributed by atoms with Crippen molar-refractivity contribution in [2.24, 2.45) is 46.3 Å². The molecule has 0 N–H and O–H groups in total. The zero-order chi connectivity index (χ0) is 48.1. The van der Waals surface area contributed by atoms with E-state index < -0.39 is 34.1 Å². The fraction of sp³-hybridized carbons (Fsp3) is 0.438. The van der Waals surface area contributed by atoms with Gasteiger partial charge >= 0.3 is 431 Å². The Balaban J connectivity index is 1.01. The summed E-state index contributed by atoms with van der Waals surface area (Å²) in [6.45, 7) is 2.22. The average molecular weight is 1080 g/mol. The first-order valence-electron chi connectivity index (χ1n) is 27.5. The van der Waals surface area contributed by atoms with E-state index in [1.165, 1.54) is 154 Å². The molecular weight excluding hydrogens is 1020 g/mol. The molecule has 16 rings (SSSR count). The van der Waals surface area contributed by atoms with Crippen molar-refractivity contribution in [3.05, 3.63) is 155 Å². The van der Waals surface area contributed by atoms with E-state index in [4.69, 9.17) is 0 Å². The Kier molecular flexibility index (Phi) is 10.9. The van der Waals surface area contributed by atoms with E-state index in [1.807, 2.05) is 0 Å².